The topological polar surface area (TPSA) is 98.7 Å². The van der Waals surface area contributed by atoms with Crippen molar-refractivity contribution in [3.63, 3.8) is 0 Å². The minimum absolute atomic E-state index is 0.105. The number of fused-ring (bicyclic) bond motifs is 1. The molecule has 2 aromatic rings. The second-order valence-corrected chi connectivity index (χ2v) is 10.9. The van der Waals surface area contributed by atoms with Gasteiger partial charge in [-0.15, -0.1) is 0 Å². The standard InChI is InChI=1S/C32H40N6O2/c1-22(2)16-31(39)36-29-11-12-34-20-30(29)37-32(40)26-10-13-35-28-9-8-24(18-27(26)28)25(19-33-4)17-23(3)21-38-14-6-5-7-15-38/h8-12,17-20,22,35H,4-7,13-16,21H2,1-3H3,(H,37,40)(H,34,36,39)/b23-17+,25-19+. The van der Waals surface area contributed by atoms with Crippen LogP contribution in [0.25, 0.3) is 11.1 Å². The molecule has 2 aliphatic rings. The number of nitrogens with one attached hydrogen (secondary N) is 3. The minimum Gasteiger partial charge on any atom is -0.381 e. The first-order chi connectivity index (χ1) is 19.3. The fourth-order valence-corrected chi connectivity index (χ4v) is 5.13. The fraction of sp³-hybridized carbons (Fsp3) is 0.375. The zero-order valence-electron chi connectivity index (χ0n) is 23.8. The lowest BCUT2D eigenvalue weighted by molar-refractivity contribution is -0.117. The molecule has 1 aromatic carbocycles. The number of pyridine rings is 1. The third-order valence-corrected chi connectivity index (χ3v) is 6.98. The van der Waals surface area contributed by atoms with E-state index in [1.807, 2.05) is 38.1 Å². The number of nitrogens with zero attached hydrogens (tertiary/aromatic N) is 3. The number of rotatable bonds is 10. The Morgan fingerprint density at radius 3 is 2.70 bits per heavy atom. The summed E-state index contributed by atoms with van der Waals surface area (Å²) in [6, 6.07) is 7.74. The highest BCUT2D eigenvalue weighted by Crippen LogP contribution is 2.33. The lowest BCUT2D eigenvalue weighted by Crippen LogP contribution is -2.31. The molecule has 4 rings (SSSR count). The van der Waals surface area contributed by atoms with Crippen LogP contribution in [0.15, 0.2) is 65.6 Å². The van der Waals surface area contributed by atoms with E-state index in [1.54, 1.807) is 24.7 Å². The molecule has 0 saturated carbocycles. The Bertz CT molecular complexity index is 1330. The zero-order chi connectivity index (χ0) is 28.5. The number of aromatic nitrogens is 1. The number of likely N-dealkylation sites (tertiary alicyclic amines) is 1. The monoisotopic (exact) mass is 540 g/mol. The van der Waals surface area contributed by atoms with E-state index in [9.17, 15) is 9.59 Å². The van der Waals surface area contributed by atoms with Gasteiger partial charge in [0.25, 0.3) is 5.91 Å². The van der Waals surface area contributed by atoms with Gasteiger partial charge in [0, 0.05) is 48.7 Å². The first-order valence-electron chi connectivity index (χ1n) is 14.0. The van der Waals surface area contributed by atoms with Crippen molar-refractivity contribution < 1.29 is 9.59 Å². The van der Waals surface area contributed by atoms with Gasteiger partial charge in [-0.25, -0.2) is 0 Å². The molecule has 2 amide bonds. The van der Waals surface area contributed by atoms with E-state index in [2.05, 4.69) is 50.5 Å². The van der Waals surface area contributed by atoms with Gasteiger partial charge in [-0.3, -0.25) is 24.5 Å². The smallest absolute Gasteiger partial charge is 0.256 e. The lowest BCUT2D eigenvalue weighted by atomic mass is 9.94. The molecule has 8 heteroatoms. The summed E-state index contributed by atoms with van der Waals surface area (Å²) in [5.41, 5.74) is 6.36. The first kappa shape index (κ1) is 29.0. The van der Waals surface area contributed by atoms with Crippen LogP contribution in [0.2, 0.25) is 0 Å². The van der Waals surface area contributed by atoms with Gasteiger partial charge in [-0.05, 0) is 74.8 Å². The summed E-state index contributed by atoms with van der Waals surface area (Å²) in [6.07, 6.45) is 13.2. The molecule has 0 spiro atoms. The molecule has 1 saturated heterocycles. The van der Waals surface area contributed by atoms with E-state index in [0.29, 0.717) is 29.9 Å². The second-order valence-electron chi connectivity index (χ2n) is 10.9. The largest absolute Gasteiger partial charge is 0.381 e. The summed E-state index contributed by atoms with van der Waals surface area (Å²) >= 11 is 0. The van der Waals surface area contributed by atoms with Gasteiger partial charge in [0.15, 0.2) is 0 Å². The van der Waals surface area contributed by atoms with Crippen LogP contribution < -0.4 is 16.0 Å². The average molecular weight is 541 g/mol. The van der Waals surface area contributed by atoms with Crippen molar-refractivity contribution in [1.29, 1.82) is 0 Å². The van der Waals surface area contributed by atoms with Crippen LogP contribution in [-0.2, 0) is 9.59 Å². The van der Waals surface area contributed by atoms with Crippen molar-refractivity contribution in [1.82, 2.24) is 9.88 Å². The number of anilines is 3. The molecule has 0 aliphatic carbocycles. The normalized spacial score (nSPS) is 16.1. The molecular formula is C32H40N6O2. The van der Waals surface area contributed by atoms with Crippen LogP contribution in [0.1, 0.15) is 57.6 Å². The third kappa shape index (κ3) is 7.76. The van der Waals surface area contributed by atoms with E-state index >= 15 is 0 Å². The Kier molecular flexibility index (Phi) is 10.0. The highest BCUT2D eigenvalue weighted by Gasteiger charge is 2.21. The molecule has 0 atom stereocenters. The number of piperidine rings is 1. The van der Waals surface area contributed by atoms with Crippen molar-refractivity contribution in [3.05, 3.63) is 71.7 Å². The van der Waals surface area contributed by atoms with Gasteiger partial charge < -0.3 is 16.0 Å². The van der Waals surface area contributed by atoms with Gasteiger partial charge in [-0.1, -0.05) is 44.1 Å². The van der Waals surface area contributed by atoms with Crippen molar-refractivity contribution in [2.24, 2.45) is 10.9 Å². The molecule has 210 valence electrons. The number of carbonyl (C=O) groups excluding carboxylic acids is 2. The summed E-state index contributed by atoms with van der Waals surface area (Å²) in [5, 5.41) is 9.21. The Hall–Kier alpha value is -4.04. The molecule has 1 fully saturated rings. The van der Waals surface area contributed by atoms with E-state index in [1.165, 1.54) is 24.8 Å². The Morgan fingerprint density at radius 1 is 1.15 bits per heavy atom. The molecular weight excluding hydrogens is 500 g/mol. The SMILES string of the molecule is C=N/C=C(\C=C(/C)CN1CCCCC1)c1ccc2c(c1)C(C(=O)Nc1cnccc1NC(=O)CC(C)C)=CCN2. The number of hydrogen-bond acceptors (Lipinski definition) is 6. The van der Waals surface area contributed by atoms with E-state index in [0.717, 1.165) is 42.0 Å². The van der Waals surface area contributed by atoms with Gasteiger partial charge in [0.05, 0.1) is 17.6 Å². The van der Waals surface area contributed by atoms with E-state index in [-0.39, 0.29) is 17.7 Å². The van der Waals surface area contributed by atoms with Crippen molar-refractivity contribution in [2.75, 3.05) is 42.1 Å². The van der Waals surface area contributed by atoms with Crippen LogP contribution in [0.4, 0.5) is 17.1 Å². The molecule has 2 aliphatic heterocycles. The first-order valence-corrected chi connectivity index (χ1v) is 14.0. The molecule has 3 heterocycles. The van der Waals surface area contributed by atoms with Gasteiger partial charge in [-0.2, -0.15) is 0 Å². The number of benzene rings is 1. The maximum Gasteiger partial charge on any atom is 0.256 e. The summed E-state index contributed by atoms with van der Waals surface area (Å²) in [4.78, 5) is 36.6. The fourth-order valence-electron chi connectivity index (χ4n) is 5.13. The summed E-state index contributed by atoms with van der Waals surface area (Å²) in [7, 11) is 0. The van der Waals surface area contributed by atoms with E-state index in [4.69, 9.17) is 0 Å². The Labute approximate surface area is 237 Å². The molecule has 0 bridgehead atoms. The molecule has 0 radical (unpaired) electrons. The number of amides is 2. The van der Waals surface area contributed by atoms with Crippen LogP contribution in [-0.4, -0.2) is 54.6 Å². The Morgan fingerprint density at radius 2 is 1.95 bits per heavy atom. The molecule has 40 heavy (non-hydrogen) atoms. The van der Waals surface area contributed by atoms with Crippen LogP contribution in [0.5, 0.6) is 0 Å². The number of hydrogen-bond donors (Lipinski definition) is 3. The van der Waals surface area contributed by atoms with Crippen LogP contribution >= 0.6 is 0 Å². The highest BCUT2D eigenvalue weighted by molar-refractivity contribution is 6.27. The van der Waals surface area contributed by atoms with Crippen LogP contribution in [0.3, 0.4) is 0 Å². The average Bonchev–Trinajstić information content (AvgIpc) is 2.93. The zero-order valence-corrected chi connectivity index (χ0v) is 23.8. The van der Waals surface area contributed by atoms with Gasteiger partial charge >= 0.3 is 0 Å². The molecule has 8 nitrogen and oxygen atoms in total. The number of carbonyl (C=O) groups is 2. The Balaban J connectivity index is 1.56. The summed E-state index contributed by atoms with van der Waals surface area (Å²) < 4.78 is 0. The molecule has 0 unspecified atom stereocenters. The minimum atomic E-state index is -0.267. The summed E-state index contributed by atoms with van der Waals surface area (Å²) in [5.74, 6) is -0.146. The predicted octanol–water partition coefficient (Wildman–Crippen LogP) is 5.99. The second kappa shape index (κ2) is 13.8. The highest BCUT2D eigenvalue weighted by atomic mass is 16.2. The van der Waals surface area contributed by atoms with E-state index < -0.39 is 0 Å². The van der Waals surface area contributed by atoms with Gasteiger partial charge in [0.2, 0.25) is 5.91 Å². The quantitative estimate of drug-likeness (QED) is 0.254. The maximum absolute atomic E-state index is 13.5. The van der Waals surface area contributed by atoms with Crippen molar-refractivity contribution in [2.45, 2.75) is 46.5 Å². The van der Waals surface area contributed by atoms with Gasteiger partial charge in [0.1, 0.15) is 0 Å². The third-order valence-electron chi connectivity index (χ3n) is 6.98. The molecule has 3 N–H and O–H groups in total. The van der Waals surface area contributed by atoms with Crippen LogP contribution in [0, 0.1) is 5.92 Å². The molecule has 1 aromatic heterocycles. The number of aliphatic imine (C=N–C) groups is 1. The number of allylic oxidation sites excluding steroid dienone is 2. The maximum atomic E-state index is 13.5. The van der Waals surface area contributed by atoms with Crippen molar-refractivity contribution >= 4 is 46.7 Å². The lowest BCUT2D eigenvalue weighted by Gasteiger charge is -2.26. The predicted molar refractivity (Wildman–Crippen MR) is 165 cm³/mol. The van der Waals surface area contributed by atoms with Crippen molar-refractivity contribution in [3.8, 4) is 0 Å². The summed E-state index contributed by atoms with van der Waals surface area (Å²) in [6.45, 7) is 13.5.